The molecule has 3 saturated carbocycles. The predicted molar refractivity (Wildman–Crippen MR) is 180 cm³/mol. The van der Waals surface area contributed by atoms with Crippen LogP contribution in [0, 0.1) is 28.6 Å². The Morgan fingerprint density at radius 1 is 0.935 bits per heavy atom. The summed E-state index contributed by atoms with van der Waals surface area (Å²) in [5.74, 6) is -0.969. The van der Waals surface area contributed by atoms with Crippen molar-refractivity contribution in [3.8, 4) is 0 Å². The third-order valence-electron chi connectivity index (χ3n) is 12.4. The normalized spacial score (nSPS) is 34.2. The van der Waals surface area contributed by atoms with Gasteiger partial charge in [0.25, 0.3) is 0 Å². The van der Waals surface area contributed by atoms with Gasteiger partial charge in [0.1, 0.15) is 11.7 Å². The van der Waals surface area contributed by atoms with Gasteiger partial charge in [-0.05, 0) is 94.6 Å². The lowest BCUT2D eigenvalue weighted by atomic mass is 9.46. The molecule has 4 N–H and O–H groups in total. The molecule has 3 fully saturated rings. The molecule has 0 heterocycles. The Hall–Kier alpha value is -2.09. The van der Waals surface area contributed by atoms with Crippen molar-refractivity contribution in [2.45, 2.75) is 160 Å². The molecular weight excluding hydrogens is 580 g/mol. The highest BCUT2D eigenvalue weighted by Crippen LogP contribution is 2.67. The van der Waals surface area contributed by atoms with E-state index in [9.17, 15) is 29.7 Å². The second-order valence-electron chi connectivity index (χ2n) is 15.4. The molecule has 0 aromatic heterocycles. The Bertz CT molecular complexity index is 1150. The van der Waals surface area contributed by atoms with E-state index in [4.69, 9.17) is 5.11 Å². The molecular formula is C39H60O7. The number of hydrogen-bond donors (Lipinski definition) is 4. The molecule has 0 aromatic rings. The smallest absolute Gasteiger partial charge is 0.303 e. The standard InChI is InChI=1S/C39H60O7/c1-37-24-22-29(40)26-28(37)20-21-30-31-23-25-39(46,38(31,2)27-33(42)35(30)37)36(45)32(41)18-16-14-12-10-8-6-4-3-5-7-9-11-13-15-17-19-34(43)44/h3,5,22,24,26,30-33,35,41-42,46H,4,6-21,23,25,27H2,1-2H3,(H,43,44)/t30-,31-,32?,33-,35+,37-,38-,39-/m0/s1. The first kappa shape index (κ1) is 36.7. The van der Waals surface area contributed by atoms with Crippen molar-refractivity contribution in [1.29, 1.82) is 0 Å². The summed E-state index contributed by atoms with van der Waals surface area (Å²) in [5, 5.41) is 43.1. The summed E-state index contributed by atoms with van der Waals surface area (Å²) in [7, 11) is 0. The summed E-state index contributed by atoms with van der Waals surface area (Å²) in [5.41, 5.74) is -1.71. The van der Waals surface area contributed by atoms with Gasteiger partial charge < -0.3 is 20.4 Å². The van der Waals surface area contributed by atoms with Crippen molar-refractivity contribution >= 4 is 17.5 Å². The van der Waals surface area contributed by atoms with Crippen LogP contribution >= 0.6 is 0 Å². The van der Waals surface area contributed by atoms with Crippen LogP contribution in [0.4, 0.5) is 0 Å². The lowest BCUT2D eigenvalue weighted by Crippen LogP contribution is -2.62. The molecule has 7 heteroatoms. The lowest BCUT2D eigenvalue weighted by Gasteiger charge is -2.59. The molecule has 7 nitrogen and oxygen atoms in total. The Morgan fingerprint density at radius 2 is 1.54 bits per heavy atom. The van der Waals surface area contributed by atoms with Crippen LogP contribution < -0.4 is 0 Å². The van der Waals surface area contributed by atoms with Gasteiger partial charge in [-0.2, -0.15) is 0 Å². The molecule has 4 rings (SSSR count). The van der Waals surface area contributed by atoms with E-state index in [1.54, 1.807) is 12.2 Å². The molecule has 46 heavy (non-hydrogen) atoms. The van der Waals surface area contributed by atoms with Crippen molar-refractivity contribution < 1.29 is 34.8 Å². The van der Waals surface area contributed by atoms with Crippen LogP contribution in [-0.2, 0) is 14.4 Å². The van der Waals surface area contributed by atoms with E-state index in [2.05, 4.69) is 19.1 Å². The van der Waals surface area contributed by atoms with Gasteiger partial charge in [-0.1, -0.05) is 89.0 Å². The van der Waals surface area contributed by atoms with E-state index in [0.29, 0.717) is 25.7 Å². The summed E-state index contributed by atoms with van der Waals surface area (Å²) in [6, 6.07) is 0. The molecule has 258 valence electrons. The molecule has 0 aromatic carbocycles. The second-order valence-corrected chi connectivity index (χ2v) is 15.4. The third-order valence-corrected chi connectivity index (χ3v) is 12.4. The molecule has 0 bridgehead atoms. The maximum absolute atomic E-state index is 13.7. The first-order valence-corrected chi connectivity index (χ1v) is 18.4. The van der Waals surface area contributed by atoms with E-state index < -0.39 is 35.0 Å². The molecule has 4 aliphatic carbocycles. The molecule has 0 aliphatic heterocycles. The van der Waals surface area contributed by atoms with Crippen molar-refractivity contribution in [2.24, 2.45) is 28.6 Å². The fourth-order valence-corrected chi connectivity index (χ4v) is 9.75. The van der Waals surface area contributed by atoms with Gasteiger partial charge in [-0.15, -0.1) is 0 Å². The van der Waals surface area contributed by atoms with Gasteiger partial charge in [-0.25, -0.2) is 0 Å². The number of carboxylic acid groups (broad SMARTS) is 1. The number of hydrogen-bond acceptors (Lipinski definition) is 6. The quantitative estimate of drug-likeness (QED) is 0.0853. The third kappa shape index (κ3) is 8.13. The monoisotopic (exact) mass is 640 g/mol. The van der Waals surface area contributed by atoms with Gasteiger partial charge in [0.2, 0.25) is 0 Å². The number of carboxylic acids is 1. The fraction of sp³-hybridized carbons (Fsp3) is 0.769. The number of Topliss-reactive ketones (excluding diaryl/α,β-unsaturated/α-hetero) is 1. The van der Waals surface area contributed by atoms with E-state index >= 15 is 0 Å². The Kier molecular flexibility index (Phi) is 13.1. The SMILES string of the molecule is C[C@]12C=CC(=O)C=C1CC[C@@H]1[C@@H]2[C@@H](O)C[C@@]2(C)[C@H]1CC[C@]2(O)C(=O)C(O)CCCCCCCCC=CCCCCCCCC(=O)O. The predicted octanol–water partition coefficient (Wildman–Crippen LogP) is 7.42. The van der Waals surface area contributed by atoms with Gasteiger partial charge in [0, 0.05) is 23.2 Å². The maximum atomic E-state index is 13.7. The van der Waals surface area contributed by atoms with Crippen molar-refractivity contribution in [3.05, 3.63) is 36.0 Å². The van der Waals surface area contributed by atoms with E-state index in [-0.39, 0.29) is 35.4 Å². The van der Waals surface area contributed by atoms with Crippen molar-refractivity contribution in [2.75, 3.05) is 0 Å². The summed E-state index contributed by atoms with van der Waals surface area (Å²) in [6.07, 6.45) is 25.3. The van der Waals surface area contributed by atoms with Crippen LogP contribution in [0.15, 0.2) is 36.0 Å². The number of carbonyl (C=O) groups excluding carboxylic acids is 2. The van der Waals surface area contributed by atoms with Crippen LogP contribution in [0.25, 0.3) is 0 Å². The highest BCUT2D eigenvalue weighted by molar-refractivity contribution is 6.01. The highest BCUT2D eigenvalue weighted by atomic mass is 16.4. The Balaban J connectivity index is 1.13. The Morgan fingerprint density at radius 3 is 2.20 bits per heavy atom. The van der Waals surface area contributed by atoms with Crippen LogP contribution in [0.2, 0.25) is 0 Å². The average molecular weight is 641 g/mol. The first-order chi connectivity index (χ1) is 21.9. The second kappa shape index (κ2) is 16.3. The number of carbonyl (C=O) groups is 3. The summed E-state index contributed by atoms with van der Waals surface area (Å²) >= 11 is 0. The van der Waals surface area contributed by atoms with Crippen LogP contribution in [-0.4, -0.2) is 55.8 Å². The van der Waals surface area contributed by atoms with E-state index in [1.165, 1.54) is 12.8 Å². The zero-order valence-corrected chi connectivity index (χ0v) is 28.4. The number of allylic oxidation sites excluding steroid dienone is 6. The van der Waals surface area contributed by atoms with Crippen molar-refractivity contribution in [1.82, 2.24) is 0 Å². The molecule has 0 amide bonds. The summed E-state index contributed by atoms with van der Waals surface area (Å²) in [6.45, 7) is 4.09. The minimum Gasteiger partial charge on any atom is -0.481 e. The minimum atomic E-state index is -1.63. The van der Waals surface area contributed by atoms with Gasteiger partial charge >= 0.3 is 5.97 Å². The summed E-state index contributed by atoms with van der Waals surface area (Å²) < 4.78 is 0. The van der Waals surface area contributed by atoms with E-state index in [1.807, 2.05) is 13.0 Å². The van der Waals surface area contributed by atoms with Crippen LogP contribution in [0.3, 0.4) is 0 Å². The number of aliphatic hydroxyl groups excluding tert-OH is 2. The number of fused-ring (bicyclic) bond motifs is 5. The van der Waals surface area contributed by atoms with Crippen LogP contribution in [0.5, 0.6) is 0 Å². The molecule has 1 unspecified atom stereocenters. The van der Waals surface area contributed by atoms with Gasteiger partial charge in [0.15, 0.2) is 11.6 Å². The number of unbranched alkanes of at least 4 members (excludes halogenated alkanes) is 11. The minimum absolute atomic E-state index is 0.00601. The maximum Gasteiger partial charge on any atom is 0.303 e. The number of ketones is 2. The van der Waals surface area contributed by atoms with Gasteiger partial charge in [-0.3, -0.25) is 14.4 Å². The molecule has 0 radical (unpaired) electrons. The topological polar surface area (TPSA) is 132 Å². The molecule has 0 spiro atoms. The van der Waals surface area contributed by atoms with E-state index in [0.717, 1.165) is 89.0 Å². The number of aliphatic carboxylic acids is 1. The molecule has 0 saturated heterocycles. The summed E-state index contributed by atoms with van der Waals surface area (Å²) in [4.78, 5) is 36.3. The number of aliphatic hydroxyl groups is 3. The first-order valence-electron chi connectivity index (χ1n) is 18.4. The zero-order valence-electron chi connectivity index (χ0n) is 28.4. The lowest BCUT2D eigenvalue weighted by molar-refractivity contribution is -0.182. The highest BCUT2D eigenvalue weighted by Gasteiger charge is 2.68. The molecule has 8 atom stereocenters. The number of rotatable bonds is 19. The average Bonchev–Trinajstić information content (AvgIpc) is 3.28. The largest absolute Gasteiger partial charge is 0.481 e. The fourth-order valence-electron chi connectivity index (χ4n) is 9.75. The molecule has 4 aliphatic rings. The van der Waals surface area contributed by atoms with Crippen LogP contribution in [0.1, 0.15) is 142 Å². The zero-order chi connectivity index (χ0) is 33.4. The Labute approximate surface area is 276 Å². The van der Waals surface area contributed by atoms with Gasteiger partial charge in [0.05, 0.1) is 6.10 Å². The van der Waals surface area contributed by atoms with Crippen molar-refractivity contribution in [3.63, 3.8) is 0 Å².